The summed E-state index contributed by atoms with van der Waals surface area (Å²) >= 11 is 0. The summed E-state index contributed by atoms with van der Waals surface area (Å²) in [5.74, 6) is -8.27. The first-order chi connectivity index (χ1) is 26.7. The molecule has 5 bridgehead atoms. The van der Waals surface area contributed by atoms with Crippen molar-refractivity contribution in [1.29, 1.82) is 0 Å². The van der Waals surface area contributed by atoms with E-state index < -0.39 is 94.9 Å². The molecule has 312 valence electrons. The number of anilines is 2. The van der Waals surface area contributed by atoms with E-state index in [9.17, 15) is 45.0 Å². The second-order valence-corrected chi connectivity index (χ2v) is 15.8. The molecule has 0 aliphatic carbocycles. The van der Waals surface area contributed by atoms with Gasteiger partial charge in [0, 0.05) is 74.2 Å². The molecule has 0 spiro atoms. The molecule has 6 rings (SSSR count). The summed E-state index contributed by atoms with van der Waals surface area (Å²) < 4.78 is 23.6. The lowest BCUT2D eigenvalue weighted by Crippen LogP contribution is -2.46. The number of hydrogen-bond donors (Lipinski definition) is 7. The van der Waals surface area contributed by atoms with Crippen molar-refractivity contribution in [2.45, 2.75) is 105 Å². The van der Waals surface area contributed by atoms with E-state index in [2.05, 4.69) is 5.32 Å². The molecular weight excluding hydrogens is 740 g/mol. The summed E-state index contributed by atoms with van der Waals surface area (Å²) in [6.45, 7) is 12.9. The van der Waals surface area contributed by atoms with E-state index >= 15 is 0 Å². The van der Waals surface area contributed by atoms with Gasteiger partial charge in [0.25, 0.3) is 11.7 Å². The molecule has 4 aliphatic heterocycles. The number of carbonyl (C=O) groups is 3. The summed E-state index contributed by atoms with van der Waals surface area (Å²) in [7, 11) is 1.43. The molecule has 0 saturated carbocycles. The van der Waals surface area contributed by atoms with Gasteiger partial charge < -0.3 is 59.8 Å². The lowest BCUT2D eigenvalue weighted by molar-refractivity contribution is -0.160. The minimum absolute atomic E-state index is 0.0245. The smallest absolute Gasteiger partial charge is 0.312 e. The lowest BCUT2D eigenvalue weighted by atomic mass is 9.78. The van der Waals surface area contributed by atoms with Crippen LogP contribution in [-0.4, -0.2) is 105 Å². The fourth-order valence-electron chi connectivity index (χ4n) is 8.10. The van der Waals surface area contributed by atoms with Crippen LogP contribution in [0.2, 0.25) is 0 Å². The van der Waals surface area contributed by atoms with Crippen molar-refractivity contribution in [3.05, 3.63) is 47.3 Å². The Balaban J connectivity index is 1.72. The van der Waals surface area contributed by atoms with Gasteiger partial charge in [-0.2, -0.15) is 0 Å². The highest BCUT2D eigenvalue weighted by molar-refractivity contribution is 6.23. The summed E-state index contributed by atoms with van der Waals surface area (Å²) in [4.78, 5) is 42.1. The minimum Gasteiger partial charge on any atom is -0.507 e. The van der Waals surface area contributed by atoms with Crippen LogP contribution < -0.4 is 15.0 Å². The molecule has 1 saturated heterocycles. The van der Waals surface area contributed by atoms with Crippen molar-refractivity contribution in [3.63, 3.8) is 0 Å². The maximum absolute atomic E-state index is 14.4. The minimum atomic E-state index is -2.04. The van der Waals surface area contributed by atoms with Crippen LogP contribution in [0.5, 0.6) is 23.0 Å². The molecule has 2 aromatic carbocycles. The van der Waals surface area contributed by atoms with E-state index in [0.717, 1.165) is 0 Å². The fourth-order valence-corrected chi connectivity index (χ4v) is 8.10. The number of phenolic OH excluding ortho intramolecular Hbond substituents is 3. The standard InChI is InChI=1S/C42H56N2O13/c1-19-11-10-12-20(2)41(53)43-31-32(44-16-13-26(46)14-17-44)37(51)28-29(36(31)50)35(49)24(6)39-30(28)40(52)42(8,57-39)55-18-15-27(54-9)21(3)38(56-25(7)45)23(5)34(48)22(4)33(19)47/h10-12,15,18-19,21-23,26-27,33-34,38,46-51H,13-14,16-17H2,1-9H3,(H,43,53)/b11-10-,18-15?,20-12-/t19-,21+,22+,23+,27-,33-,34+,38+,42-/m0/s1. The Labute approximate surface area is 332 Å². The number of aliphatic hydroxyl groups excluding tert-OH is 3. The Morgan fingerprint density at radius 3 is 2.18 bits per heavy atom. The Hall–Kier alpha value is -4.83. The number of rotatable bonds is 3. The monoisotopic (exact) mass is 796 g/mol. The van der Waals surface area contributed by atoms with Crippen LogP contribution in [0.15, 0.2) is 36.1 Å². The molecule has 4 heterocycles. The molecule has 4 aliphatic rings. The number of amides is 1. The van der Waals surface area contributed by atoms with Crippen molar-refractivity contribution in [3.8, 4) is 23.0 Å². The molecule has 7 N–H and O–H groups in total. The van der Waals surface area contributed by atoms with Crippen molar-refractivity contribution in [2.24, 2.45) is 23.7 Å². The molecule has 0 radical (unpaired) electrons. The number of fused-ring (bicyclic) bond motifs is 14. The Morgan fingerprint density at radius 1 is 0.912 bits per heavy atom. The molecule has 0 aromatic heterocycles. The van der Waals surface area contributed by atoms with E-state index in [4.69, 9.17) is 18.9 Å². The lowest BCUT2D eigenvalue weighted by Gasteiger charge is -2.38. The number of Topliss-reactive ketones (excluding diaryl/α,β-unsaturated/α-hetero) is 1. The number of nitrogens with one attached hydrogen (secondary N) is 1. The van der Waals surface area contributed by atoms with E-state index in [1.807, 2.05) is 0 Å². The highest BCUT2D eigenvalue weighted by atomic mass is 16.7. The quantitative estimate of drug-likeness (QED) is 0.127. The third-order valence-electron chi connectivity index (χ3n) is 11.8. The zero-order valence-electron chi connectivity index (χ0n) is 33.9. The molecule has 1 amide bonds. The Kier molecular flexibility index (Phi) is 12.9. The van der Waals surface area contributed by atoms with Gasteiger partial charge in [-0.3, -0.25) is 14.4 Å². The van der Waals surface area contributed by atoms with Crippen molar-refractivity contribution in [2.75, 3.05) is 30.4 Å². The van der Waals surface area contributed by atoms with Crippen molar-refractivity contribution in [1.82, 2.24) is 0 Å². The number of benzene rings is 2. The van der Waals surface area contributed by atoms with E-state index in [0.29, 0.717) is 12.8 Å². The van der Waals surface area contributed by atoms with Crippen molar-refractivity contribution < 1.29 is 64.0 Å². The van der Waals surface area contributed by atoms with Gasteiger partial charge in [0.05, 0.1) is 41.6 Å². The van der Waals surface area contributed by atoms with Gasteiger partial charge in [-0.15, -0.1) is 0 Å². The number of aliphatic hydroxyl groups is 3. The number of nitrogens with zero attached hydrogens (tertiary/aromatic N) is 1. The van der Waals surface area contributed by atoms with Gasteiger partial charge in [-0.25, -0.2) is 0 Å². The van der Waals surface area contributed by atoms with Gasteiger partial charge in [-0.05, 0) is 32.8 Å². The van der Waals surface area contributed by atoms with E-state index in [1.165, 1.54) is 53.2 Å². The zero-order chi connectivity index (χ0) is 42.3. The number of esters is 1. The largest absolute Gasteiger partial charge is 0.507 e. The van der Waals surface area contributed by atoms with E-state index in [-0.39, 0.29) is 57.7 Å². The van der Waals surface area contributed by atoms with Gasteiger partial charge >= 0.3 is 11.8 Å². The molecule has 0 unspecified atom stereocenters. The number of allylic oxidation sites excluding steroid dienone is 2. The first-order valence-corrected chi connectivity index (χ1v) is 19.3. The maximum Gasteiger partial charge on any atom is 0.312 e. The third-order valence-corrected chi connectivity index (χ3v) is 11.8. The van der Waals surface area contributed by atoms with Crippen LogP contribution >= 0.6 is 0 Å². The van der Waals surface area contributed by atoms with Gasteiger partial charge in [-0.1, -0.05) is 45.9 Å². The number of carbonyl (C=O) groups excluding carboxylic acids is 3. The van der Waals surface area contributed by atoms with Crippen molar-refractivity contribution >= 4 is 39.8 Å². The summed E-state index contributed by atoms with van der Waals surface area (Å²) in [5, 5.41) is 70.9. The van der Waals surface area contributed by atoms with Gasteiger partial charge in [0.2, 0.25) is 0 Å². The average Bonchev–Trinajstić information content (AvgIpc) is 3.43. The first-order valence-electron chi connectivity index (χ1n) is 19.3. The molecular formula is C42H56N2O13. The topological polar surface area (TPSA) is 225 Å². The molecule has 1 fully saturated rings. The van der Waals surface area contributed by atoms with Crippen LogP contribution in [0.1, 0.15) is 77.2 Å². The Bertz CT molecular complexity index is 1980. The molecule has 2 aromatic rings. The van der Waals surface area contributed by atoms with Gasteiger partial charge in [0.15, 0.2) is 5.75 Å². The number of aromatic hydroxyl groups is 3. The van der Waals surface area contributed by atoms with Crippen LogP contribution in [-0.2, 0) is 23.8 Å². The second-order valence-electron chi connectivity index (χ2n) is 15.8. The summed E-state index contributed by atoms with van der Waals surface area (Å²) in [6, 6.07) is 0. The number of hydrogen-bond acceptors (Lipinski definition) is 14. The number of piperidine rings is 1. The Morgan fingerprint density at radius 2 is 1.56 bits per heavy atom. The third kappa shape index (κ3) is 8.15. The normalized spacial score (nSPS) is 32.1. The number of ether oxygens (including phenoxy) is 4. The van der Waals surface area contributed by atoms with Crippen LogP contribution in [0.25, 0.3) is 10.8 Å². The highest BCUT2D eigenvalue weighted by Crippen LogP contribution is 2.58. The maximum atomic E-state index is 14.4. The highest BCUT2D eigenvalue weighted by Gasteiger charge is 2.50. The fraction of sp³-hybridized carbons (Fsp3) is 0.548. The molecule has 15 nitrogen and oxygen atoms in total. The predicted molar refractivity (Wildman–Crippen MR) is 211 cm³/mol. The van der Waals surface area contributed by atoms with Crippen LogP contribution in [0.4, 0.5) is 11.4 Å². The van der Waals surface area contributed by atoms with Crippen LogP contribution in [0.3, 0.4) is 0 Å². The summed E-state index contributed by atoms with van der Waals surface area (Å²) in [5.41, 5.74) is -0.185. The number of phenols is 3. The zero-order valence-corrected chi connectivity index (χ0v) is 33.9. The molecule has 15 heteroatoms. The second kappa shape index (κ2) is 16.9. The van der Waals surface area contributed by atoms with E-state index in [1.54, 1.807) is 44.7 Å². The van der Waals surface area contributed by atoms with Gasteiger partial charge in [0.1, 0.15) is 34.7 Å². The number of methoxy groups -OCH3 is 1. The summed E-state index contributed by atoms with van der Waals surface area (Å²) in [6.07, 6.45) is 3.57. The SMILES string of the molecule is CO[C@H]1C=CO[C@@]2(C)Oc3c(C)c(O)c4c(O)c(c(N5CCC(O)CC5)c(O)c4c3C2=O)NC(=O)/C(C)=C\C=C/[C@H](C)[C@H](O)[C@@H](C)[C@@H](O)[C@@H](C)[C@H](OC(C)=O)[C@@H]1C. The molecule has 57 heavy (non-hydrogen) atoms. The number of ketones is 1. The van der Waals surface area contributed by atoms with Crippen LogP contribution in [0, 0.1) is 30.6 Å². The predicted octanol–water partition coefficient (Wildman–Crippen LogP) is 4.72. The molecule has 9 atom stereocenters. The average molecular weight is 797 g/mol. The first kappa shape index (κ1) is 43.3.